The molecule has 1 aromatic carbocycles. The molecule has 7 heteroatoms. The number of carbonyl (C=O) groups is 1. The molecule has 3 aromatic rings. The van der Waals surface area contributed by atoms with E-state index in [-0.39, 0.29) is 10.7 Å². The number of rotatable bonds is 5. The number of hydrogen-bond donors (Lipinski definition) is 1. The van der Waals surface area contributed by atoms with E-state index in [0.717, 1.165) is 5.56 Å². The average molecular weight is 385 g/mol. The fourth-order valence-corrected chi connectivity index (χ4v) is 3.24. The zero-order chi connectivity index (χ0) is 18.5. The Hall–Kier alpha value is -2.44. The number of pyridine rings is 1. The van der Waals surface area contributed by atoms with Crippen molar-refractivity contribution in [2.45, 2.75) is 24.8 Å². The molecule has 1 N–H and O–H groups in total. The first-order chi connectivity index (χ1) is 12.5. The number of anilines is 1. The monoisotopic (exact) mass is 384 g/mol. The molecular weight excluding hydrogens is 368 g/mol. The van der Waals surface area contributed by atoms with Crippen molar-refractivity contribution in [1.82, 2.24) is 15.0 Å². The van der Waals surface area contributed by atoms with Crippen molar-refractivity contribution >= 4 is 35.1 Å². The maximum Gasteiger partial charge on any atom is 0.277 e. The number of hydrogen-bond acceptors (Lipinski definition) is 5. The number of aryl methyl sites for hydroxylation is 2. The van der Waals surface area contributed by atoms with Crippen molar-refractivity contribution in [2.75, 3.05) is 5.32 Å². The molecular formula is C19H17ClN4OS. The number of halogens is 1. The van der Waals surface area contributed by atoms with Crippen LogP contribution in [0.1, 0.15) is 27.2 Å². The van der Waals surface area contributed by atoms with Crippen molar-refractivity contribution in [1.29, 1.82) is 0 Å². The highest BCUT2D eigenvalue weighted by molar-refractivity contribution is 7.98. The maximum atomic E-state index is 12.5. The Kier molecular flexibility index (Phi) is 5.85. The molecule has 5 nitrogen and oxygen atoms in total. The predicted octanol–water partition coefficient (Wildman–Crippen LogP) is 4.69. The highest BCUT2D eigenvalue weighted by Gasteiger charge is 2.15. The molecule has 0 bridgehead atoms. The van der Waals surface area contributed by atoms with Gasteiger partial charge in [-0.1, -0.05) is 53.2 Å². The smallest absolute Gasteiger partial charge is 0.277 e. The molecule has 0 aliphatic carbocycles. The molecule has 0 atom stereocenters. The van der Waals surface area contributed by atoms with Crippen LogP contribution in [0, 0.1) is 13.8 Å². The summed E-state index contributed by atoms with van der Waals surface area (Å²) in [6.45, 7) is 3.98. The Bertz CT molecular complexity index is 948. The normalized spacial score (nSPS) is 10.6. The third kappa shape index (κ3) is 4.80. The van der Waals surface area contributed by atoms with Gasteiger partial charge in [-0.2, -0.15) is 0 Å². The Labute approximate surface area is 161 Å². The molecule has 0 radical (unpaired) electrons. The molecule has 0 aliphatic rings. The molecule has 0 spiro atoms. The van der Waals surface area contributed by atoms with E-state index in [2.05, 4.69) is 39.3 Å². The molecule has 0 saturated heterocycles. The third-order valence-corrected chi connectivity index (χ3v) is 4.75. The molecule has 132 valence electrons. The zero-order valence-electron chi connectivity index (χ0n) is 14.4. The second-order valence-corrected chi connectivity index (χ2v) is 7.15. The van der Waals surface area contributed by atoms with E-state index in [0.29, 0.717) is 16.7 Å². The lowest BCUT2D eigenvalue weighted by Crippen LogP contribution is -2.16. The molecule has 3 rings (SSSR count). The van der Waals surface area contributed by atoms with Gasteiger partial charge in [-0.05, 0) is 37.1 Å². The maximum absolute atomic E-state index is 12.5. The van der Waals surface area contributed by atoms with Crippen molar-refractivity contribution in [2.24, 2.45) is 0 Å². The summed E-state index contributed by atoms with van der Waals surface area (Å²) in [6.07, 6.45) is 3.08. The van der Waals surface area contributed by atoms with Crippen LogP contribution >= 0.6 is 23.4 Å². The first-order valence-corrected chi connectivity index (χ1v) is 9.32. The standard InChI is InChI=1S/C19H17ClN4OS/c1-12-4-3-5-14(8-12)11-26-19-22-10-15(20)17(24-19)18(25)23-16-9-13(2)6-7-21-16/h3-10H,11H2,1-2H3,(H,21,23,25). The van der Waals surface area contributed by atoms with Gasteiger partial charge in [0.1, 0.15) is 5.82 Å². The van der Waals surface area contributed by atoms with Crippen LogP contribution in [-0.2, 0) is 5.75 Å². The topological polar surface area (TPSA) is 67.8 Å². The van der Waals surface area contributed by atoms with Gasteiger partial charge < -0.3 is 5.32 Å². The van der Waals surface area contributed by atoms with E-state index in [1.165, 1.54) is 29.1 Å². The predicted molar refractivity (Wildman–Crippen MR) is 105 cm³/mol. The quantitative estimate of drug-likeness (QED) is 0.510. The van der Waals surface area contributed by atoms with Crippen molar-refractivity contribution < 1.29 is 4.79 Å². The SMILES string of the molecule is Cc1cccc(CSc2ncc(Cl)c(C(=O)Nc3cc(C)ccn3)n2)c1. The summed E-state index contributed by atoms with van der Waals surface area (Å²) in [5.41, 5.74) is 3.50. The van der Waals surface area contributed by atoms with Crippen LogP contribution < -0.4 is 5.32 Å². The summed E-state index contributed by atoms with van der Waals surface area (Å²) in [5, 5.41) is 3.42. The first-order valence-electron chi connectivity index (χ1n) is 7.96. The second-order valence-electron chi connectivity index (χ2n) is 5.80. The zero-order valence-corrected chi connectivity index (χ0v) is 15.9. The van der Waals surface area contributed by atoms with Crippen molar-refractivity contribution in [3.05, 3.63) is 76.2 Å². The number of thioether (sulfide) groups is 1. The van der Waals surface area contributed by atoms with E-state index in [4.69, 9.17) is 11.6 Å². The van der Waals surface area contributed by atoms with Gasteiger partial charge in [0.25, 0.3) is 5.91 Å². The molecule has 2 heterocycles. The van der Waals surface area contributed by atoms with Crippen molar-refractivity contribution in [3.63, 3.8) is 0 Å². The van der Waals surface area contributed by atoms with E-state index in [9.17, 15) is 4.79 Å². The van der Waals surface area contributed by atoms with Gasteiger partial charge in [0.15, 0.2) is 10.9 Å². The van der Waals surface area contributed by atoms with Crippen LogP contribution in [0.15, 0.2) is 53.9 Å². The Morgan fingerprint density at radius 2 is 1.96 bits per heavy atom. The molecule has 1 amide bonds. The van der Waals surface area contributed by atoms with Gasteiger partial charge in [-0.15, -0.1) is 0 Å². The third-order valence-electron chi connectivity index (χ3n) is 3.54. The summed E-state index contributed by atoms with van der Waals surface area (Å²) in [6, 6.07) is 11.9. The molecule has 2 aromatic heterocycles. The summed E-state index contributed by atoms with van der Waals surface area (Å²) in [7, 11) is 0. The first kappa shape index (κ1) is 18.4. The largest absolute Gasteiger partial charge is 0.305 e. The second kappa shape index (κ2) is 8.29. The number of benzene rings is 1. The van der Waals surface area contributed by atoms with Crippen LogP contribution in [0.5, 0.6) is 0 Å². The Morgan fingerprint density at radius 1 is 1.15 bits per heavy atom. The van der Waals surface area contributed by atoms with Crippen LogP contribution in [-0.4, -0.2) is 20.9 Å². The lowest BCUT2D eigenvalue weighted by molar-refractivity contribution is 0.102. The lowest BCUT2D eigenvalue weighted by atomic mass is 10.2. The van der Waals surface area contributed by atoms with Crippen LogP contribution in [0.2, 0.25) is 5.02 Å². The fourth-order valence-electron chi connectivity index (χ4n) is 2.31. The minimum absolute atomic E-state index is 0.136. The number of amides is 1. The Morgan fingerprint density at radius 3 is 2.73 bits per heavy atom. The van der Waals surface area contributed by atoms with Crippen molar-refractivity contribution in [3.8, 4) is 0 Å². The van der Waals surface area contributed by atoms with Gasteiger partial charge >= 0.3 is 0 Å². The van der Waals surface area contributed by atoms with Gasteiger partial charge in [0.05, 0.1) is 11.2 Å². The minimum Gasteiger partial charge on any atom is -0.305 e. The molecule has 0 saturated carbocycles. The summed E-state index contributed by atoms with van der Waals surface area (Å²) >= 11 is 7.57. The van der Waals surface area contributed by atoms with E-state index in [1.54, 1.807) is 12.3 Å². The van der Waals surface area contributed by atoms with Gasteiger partial charge in [-0.3, -0.25) is 4.79 Å². The minimum atomic E-state index is -0.409. The highest BCUT2D eigenvalue weighted by atomic mass is 35.5. The Balaban J connectivity index is 1.73. The van der Waals surface area contributed by atoms with E-state index >= 15 is 0 Å². The number of carbonyl (C=O) groups excluding carboxylic acids is 1. The molecule has 0 unspecified atom stereocenters. The fraction of sp³-hybridized carbons (Fsp3) is 0.158. The lowest BCUT2D eigenvalue weighted by Gasteiger charge is -2.07. The summed E-state index contributed by atoms with van der Waals surface area (Å²) < 4.78 is 0. The average Bonchev–Trinajstić information content (AvgIpc) is 2.61. The number of aromatic nitrogens is 3. The van der Waals surface area contributed by atoms with Crippen LogP contribution in [0.4, 0.5) is 5.82 Å². The number of nitrogens with one attached hydrogen (secondary N) is 1. The van der Waals surface area contributed by atoms with Gasteiger partial charge in [0.2, 0.25) is 0 Å². The molecule has 26 heavy (non-hydrogen) atoms. The van der Waals surface area contributed by atoms with Gasteiger partial charge in [0, 0.05) is 11.9 Å². The molecule has 0 aliphatic heterocycles. The van der Waals surface area contributed by atoms with Crippen LogP contribution in [0.3, 0.4) is 0 Å². The van der Waals surface area contributed by atoms with Crippen LogP contribution in [0.25, 0.3) is 0 Å². The summed E-state index contributed by atoms with van der Waals surface area (Å²) in [4.78, 5) is 25.1. The van der Waals surface area contributed by atoms with E-state index in [1.807, 2.05) is 25.1 Å². The van der Waals surface area contributed by atoms with E-state index < -0.39 is 5.91 Å². The molecule has 0 fully saturated rings. The van der Waals surface area contributed by atoms with Gasteiger partial charge in [-0.25, -0.2) is 15.0 Å². The highest BCUT2D eigenvalue weighted by Crippen LogP contribution is 2.23. The summed E-state index contributed by atoms with van der Waals surface area (Å²) in [5.74, 6) is 0.760. The number of nitrogens with zero attached hydrogens (tertiary/aromatic N) is 3.